The van der Waals surface area contributed by atoms with Gasteiger partial charge in [0.15, 0.2) is 0 Å². The molecule has 0 heterocycles. The Morgan fingerprint density at radius 2 is 2.00 bits per heavy atom. The molecule has 0 aliphatic rings. The van der Waals surface area contributed by atoms with Crippen LogP contribution < -0.4 is 5.32 Å². The van der Waals surface area contributed by atoms with E-state index in [0.29, 0.717) is 20.1 Å². The fraction of sp³-hybridized carbons (Fsp3) is 1.00. The molecule has 0 atom stereocenters. The second-order valence-corrected chi connectivity index (χ2v) is 1.56. The number of rotatable bonds is 6. The lowest BCUT2D eigenvalue weighted by Crippen LogP contribution is -2.18. The van der Waals surface area contributed by atoms with Crippen molar-refractivity contribution >= 4 is 0 Å². The van der Waals surface area contributed by atoms with Gasteiger partial charge in [-0.3, -0.25) is 5.32 Å². The third-order valence-corrected chi connectivity index (χ3v) is 0.825. The van der Waals surface area contributed by atoms with Crippen molar-refractivity contribution in [3.63, 3.8) is 0 Å². The van der Waals surface area contributed by atoms with Crippen molar-refractivity contribution in [2.75, 3.05) is 26.7 Å². The van der Waals surface area contributed by atoms with Gasteiger partial charge in [-0.15, -0.1) is 0 Å². The molecule has 0 aromatic rings. The minimum absolute atomic E-state index is 0.392. The second kappa shape index (κ2) is 7.88. The normalized spacial score (nSPS) is 10.0. The van der Waals surface area contributed by atoms with E-state index >= 15 is 0 Å². The Balaban J connectivity index is 2.60. The Morgan fingerprint density at radius 3 is 2.56 bits per heavy atom. The third kappa shape index (κ3) is 7.88. The molecule has 0 unspecified atom stereocenters. The molecule has 3 nitrogen and oxygen atoms in total. The monoisotopic (exact) mass is 133 g/mol. The maximum atomic E-state index is 4.98. The lowest BCUT2D eigenvalue weighted by atomic mass is 10.8. The van der Waals surface area contributed by atoms with Gasteiger partial charge in [0.2, 0.25) is 0 Å². The molecule has 3 heteroatoms. The second-order valence-electron chi connectivity index (χ2n) is 1.56. The zero-order valence-corrected chi connectivity index (χ0v) is 6.14. The molecule has 56 valence electrons. The van der Waals surface area contributed by atoms with Crippen molar-refractivity contribution in [1.82, 2.24) is 5.32 Å². The Kier molecular flexibility index (Phi) is 7.77. The van der Waals surface area contributed by atoms with E-state index in [1.807, 2.05) is 13.8 Å². The highest BCUT2D eigenvalue weighted by molar-refractivity contribution is 4.25. The van der Waals surface area contributed by atoms with Crippen molar-refractivity contribution in [3.8, 4) is 0 Å². The summed E-state index contributed by atoms with van der Waals surface area (Å²) < 4.78 is 9.90. The minimum atomic E-state index is 0.392. The maximum absolute atomic E-state index is 4.98. The van der Waals surface area contributed by atoms with Crippen LogP contribution in [0, 0.1) is 0 Å². The van der Waals surface area contributed by atoms with Crippen molar-refractivity contribution in [2.45, 2.75) is 13.8 Å². The smallest absolute Gasteiger partial charge is 0.148 e. The van der Waals surface area contributed by atoms with Crippen LogP contribution >= 0.6 is 0 Å². The fourth-order valence-corrected chi connectivity index (χ4v) is 0.358. The summed E-state index contributed by atoms with van der Waals surface area (Å²) in [6, 6.07) is 0. The van der Waals surface area contributed by atoms with Gasteiger partial charge in [0, 0.05) is 6.61 Å². The summed E-state index contributed by atoms with van der Waals surface area (Å²) in [6.07, 6.45) is 0. The van der Waals surface area contributed by atoms with Gasteiger partial charge in [0.25, 0.3) is 0 Å². The Morgan fingerprint density at radius 1 is 1.22 bits per heavy atom. The Bertz CT molecular complexity index is 44.3. The van der Waals surface area contributed by atoms with Crippen molar-refractivity contribution < 1.29 is 9.47 Å². The summed E-state index contributed by atoms with van der Waals surface area (Å²) in [5, 5.41) is 3.00. The standard InChI is InChI=1S/C6H15NO2/c1-3-7-5-9-6-8-4-2/h7H,3-6H2,1-2H3. The van der Waals surface area contributed by atoms with Crippen LogP contribution in [0.5, 0.6) is 0 Å². The molecule has 0 saturated carbocycles. The minimum Gasteiger partial charge on any atom is -0.356 e. The predicted molar refractivity (Wildman–Crippen MR) is 36.1 cm³/mol. The van der Waals surface area contributed by atoms with Gasteiger partial charge in [0.05, 0.1) is 6.73 Å². The predicted octanol–water partition coefficient (Wildman–Crippen LogP) is 0.564. The largest absolute Gasteiger partial charge is 0.356 e. The average molecular weight is 133 g/mol. The van der Waals surface area contributed by atoms with Crippen LogP contribution in [0.4, 0.5) is 0 Å². The van der Waals surface area contributed by atoms with Crippen LogP contribution in [0.1, 0.15) is 13.8 Å². The van der Waals surface area contributed by atoms with Crippen molar-refractivity contribution in [2.24, 2.45) is 0 Å². The van der Waals surface area contributed by atoms with E-state index in [1.54, 1.807) is 0 Å². The maximum Gasteiger partial charge on any atom is 0.148 e. The first-order valence-electron chi connectivity index (χ1n) is 3.28. The van der Waals surface area contributed by atoms with E-state index in [-0.39, 0.29) is 0 Å². The molecule has 9 heavy (non-hydrogen) atoms. The van der Waals surface area contributed by atoms with E-state index in [9.17, 15) is 0 Å². The van der Waals surface area contributed by atoms with Crippen LogP contribution in [-0.2, 0) is 9.47 Å². The zero-order chi connectivity index (χ0) is 6.95. The van der Waals surface area contributed by atoms with E-state index in [2.05, 4.69) is 5.32 Å². The van der Waals surface area contributed by atoms with Gasteiger partial charge >= 0.3 is 0 Å². The van der Waals surface area contributed by atoms with Gasteiger partial charge in [-0.05, 0) is 13.5 Å². The van der Waals surface area contributed by atoms with Crippen LogP contribution in [0.15, 0.2) is 0 Å². The molecular formula is C6H15NO2. The number of hydrogen-bond acceptors (Lipinski definition) is 3. The summed E-state index contributed by atoms with van der Waals surface area (Å²) in [5.41, 5.74) is 0. The number of nitrogens with one attached hydrogen (secondary N) is 1. The van der Waals surface area contributed by atoms with Gasteiger partial charge in [0.1, 0.15) is 6.79 Å². The van der Waals surface area contributed by atoms with Crippen molar-refractivity contribution in [1.29, 1.82) is 0 Å². The lowest BCUT2D eigenvalue weighted by Gasteiger charge is -2.02. The molecule has 0 saturated heterocycles. The van der Waals surface area contributed by atoms with Crippen molar-refractivity contribution in [3.05, 3.63) is 0 Å². The van der Waals surface area contributed by atoms with E-state index < -0.39 is 0 Å². The molecule has 0 amide bonds. The molecule has 0 aromatic heterocycles. The highest BCUT2D eigenvalue weighted by Crippen LogP contribution is 1.73. The molecule has 0 spiro atoms. The van der Waals surface area contributed by atoms with Gasteiger partial charge < -0.3 is 9.47 Å². The fourth-order valence-electron chi connectivity index (χ4n) is 0.358. The first kappa shape index (κ1) is 8.88. The quantitative estimate of drug-likeness (QED) is 0.424. The molecule has 1 N–H and O–H groups in total. The third-order valence-electron chi connectivity index (χ3n) is 0.825. The summed E-state index contributed by atoms with van der Waals surface area (Å²) in [6.45, 7) is 6.60. The summed E-state index contributed by atoms with van der Waals surface area (Å²) >= 11 is 0. The molecule has 0 bridgehead atoms. The zero-order valence-electron chi connectivity index (χ0n) is 6.14. The Labute approximate surface area is 56.3 Å². The molecule has 0 fully saturated rings. The van der Waals surface area contributed by atoms with Gasteiger partial charge in [-0.2, -0.15) is 0 Å². The van der Waals surface area contributed by atoms with Crippen LogP contribution in [-0.4, -0.2) is 26.7 Å². The first-order valence-corrected chi connectivity index (χ1v) is 3.28. The average Bonchev–Trinajstić information content (AvgIpc) is 1.89. The van der Waals surface area contributed by atoms with E-state index in [1.165, 1.54) is 0 Å². The molecule has 0 radical (unpaired) electrons. The SMILES string of the molecule is CCNCOCOCC. The van der Waals surface area contributed by atoms with Crippen LogP contribution in [0.2, 0.25) is 0 Å². The summed E-state index contributed by atoms with van der Waals surface area (Å²) in [4.78, 5) is 0. The molecular weight excluding hydrogens is 118 g/mol. The van der Waals surface area contributed by atoms with Crippen LogP contribution in [0.3, 0.4) is 0 Å². The van der Waals surface area contributed by atoms with Gasteiger partial charge in [-0.1, -0.05) is 6.92 Å². The molecule has 0 aliphatic carbocycles. The number of ether oxygens (including phenoxy) is 2. The Hall–Kier alpha value is -0.120. The molecule has 0 rings (SSSR count). The van der Waals surface area contributed by atoms with E-state index in [4.69, 9.17) is 9.47 Å². The highest BCUT2D eigenvalue weighted by Gasteiger charge is 1.81. The molecule has 0 aromatic carbocycles. The number of hydrogen-bond donors (Lipinski definition) is 1. The highest BCUT2D eigenvalue weighted by atomic mass is 16.7. The summed E-state index contributed by atoms with van der Waals surface area (Å²) in [7, 11) is 0. The lowest BCUT2D eigenvalue weighted by molar-refractivity contribution is -0.0548. The van der Waals surface area contributed by atoms with E-state index in [0.717, 1.165) is 6.54 Å². The molecule has 0 aliphatic heterocycles. The topological polar surface area (TPSA) is 30.5 Å². The summed E-state index contributed by atoms with van der Waals surface area (Å²) in [5.74, 6) is 0. The van der Waals surface area contributed by atoms with Crippen LogP contribution in [0.25, 0.3) is 0 Å². The first-order chi connectivity index (χ1) is 4.41. The van der Waals surface area contributed by atoms with Gasteiger partial charge in [-0.25, -0.2) is 0 Å².